The van der Waals surface area contributed by atoms with Gasteiger partial charge in [0.1, 0.15) is 6.10 Å². The van der Waals surface area contributed by atoms with Crippen molar-refractivity contribution in [2.75, 3.05) is 13.1 Å². The molecule has 0 aliphatic carbocycles. The van der Waals surface area contributed by atoms with E-state index in [0.717, 1.165) is 12.1 Å². The molecule has 104 valence electrons. The molecule has 4 nitrogen and oxygen atoms in total. The monoisotopic (exact) mass is 302 g/mol. The minimum atomic E-state index is -0.568. The van der Waals surface area contributed by atoms with Crippen molar-refractivity contribution in [3.05, 3.63) is 33.8 Å². The lowest BCUT2D eigenvalue weighted by molar-refractivity contribution is -0.142. The lowest BCUT2D eigenvalue weighted by atomic mass is 10.1. The highest BCUT2D eigenvalue weighted by Crippen LogP contribution is 2.27. The number of primary amides is 1. The van der Waals surface area contributed by atoms with Crippen LogP contribution in [0, 0.1) is 0 Å². The molecular weight excluding hydrogens is 287 g/mol. The van der Waals surface area contributed by atoms with E-state index in [1.54, 1.807) is 6.07 Å². The van der Waals surface area contributed by atoms with Crippen LogP contribution in [0.1, 0.15) is 12.5 Å². The number of carbonyl (C=O) groups excluding carboxylic acids is 1. The Bertz CT molecular complexity index is 482. The first-order valence-electron chi connectivity index (χ1n) is 6.07. The first-order chi connectivity index (χ1) is 8.97. The average molecular weight is 303 g/mol. The van der Waals surface area contributed by atoms with E-state index in [9.17, 15) is 4.79 Å². The van der Waals surface area contributed by atoms with Gasteiger partial charge < -0.3 is 10.5 Å². The van der Waals surface area contributed by atoms with E-state index in [2.05, 4.69) is 4.90 Å². The molecule has 1 saturated heterocycles. The molecule has 1 unspecified atom stereocenters. The van der Waals surface area contributed by atoms with Gasteiger partial charge in [0.05, 0.1) is 16.1 Å². The highest BCUT2D eigenvalue weighted by Gasteiger charge is 2.29. The molecule has 1 aliphatic heterocycles. The summed E-state index contributed by atoms with van der Waals surface area (Å²) in [6.45, 7) is 3.74. The molecule has 0 saturated carbocycles. The van der Waals surface area contributed by atoms with E-state index in [4.69, 9.17) is 33.7 Å². The van der Waals surface area contributed by atoms with Gasteiger partial charge in [-0.25, -0.2) is 0 Å². The number of ether oxygens (including phenoxy) is 1. The normalized spacial score (nSPS) is 24.4. The number of hydrogen-bond donors (Lipinski definition) is 1. The standard InChI is InChI=1S/C13H16Cl2N2O2/c1-8-5-17(7-11(19-8)13(16)18)6-9-3-2-4-10(14)12(9)15/h2-4,8,11H,5-7H2,1H3,(H2,16,18)/t8-,11?/m1/s1. The highest BCUT2D eigenvalue weighted by molar-refractivity contribution is 6.42. The van der Waals surface area contributed by atoms with Crippen LogP contribution in [0.15, 0.2) is 18.2 Å². The zero-order valence-corrected chi connectivity index (χ0v) is 12.1. The van der Waals surface area contributed by atoms with E-state index in [1.807, 2.05) is 19.1 Å². The van der Waals surface area contributed by atoms with Crippen LogP contribution >= 0.6 is 23.2 Å². The molecule has 1 aliphatic rings. The Hall–Kier alpha value is -0.810. The Morgan fingerprint density at radius 1 is 1.47 bits per heavy atom. The molecule has 6 heteroatoms. The van der Waals surface area contributed by atoms with Gasteiger partial charge in [0, 0.05) is 19.6 Å². The van der Waals surface area contributed by atoms with Crippen LogP contribution in [0.2, 0.25) is 10.0 Å². The lowest BCUT2D eigenvalue weighted by Crippen LogP contribution is -2.51. The maximum atomic E-state index is 11.2. The second kappa shape index (κ2) is 6.09. The number of morpholine rings is 1. The molecule has 1 fully saturated rings. The van der Waals surface area contributed by atoms with Crippen LogP contribution < -0.4 is 5.73 Å². The van der Waals surface area contributed by atoms with Gasteiger partial charge in [-0.1, -0.05) is 35.3 Å². The van der Waals surface area contributed by atoms with Gasteiger partial charge in [-0.05, 0) is 18.6 Å². The number of nitrogens with zero attached hydrogens (tertiary/aromatic N) is 1. The molecule has 2 atom stereocenters. The average Bonchev–Trinajstić information content (AvgIpc) is 2.34. The van der Waals surface area contributed by atoms with Crippen molar-refractivity contribution < 1.29 is 9.53 Å². The summed E-state index contributed by atoms with van der Waals surface area (Å²) in [5, 5.41) is 1.09. The van der Waals surface area contributed by atoms with Crippen LogP contribution in [0.3, 0.4) is 0 Å². The second-order valence-electron chi connectivity index (χ2n) is 4.74. The number of rotatable bonds is 3. The molecule has 0 radical (unpaired) electrons. The van der Waals surface area contributed by atoms with Gasteiger partial charge >= 0.3 is 0 Å². The summed E-state index contributed by atoms with van der Waals surface area (Å²) in [4.78, 5) is 13.3. The number of nitrogens with two attached hydrogens (primary N) is 1. The van der Waals surface area contributed by atoms with Gasteiger partial charge in [-0.3, -0.25) is 9.69 Å². The van der Waals surface area contributed by atoms with Gasteiger partial charge in [-0.15, -0.1) is 0 Å². The van der Waals surface area contributed by atoms with Gasteiger partial charge in [0.25, 0.3) is 0 Å². The van der Waals surface area contributed by atoms with E-state index in [-0.39, 0.29) is 6.10 Å². The molecule has 0 bridgehead atoms. The molecule has 1 heterocycles. The molecule has 1 amide bonds. The third-order valence-electron chi connectivity index (χ3n) is 3.08. The van der Waals surface area contributed by atoms with E-state index < -0.39 is 12.0 Å². The summed E-state index contributed by atoms with van der Waals surface area (Å²) in [5.41, 5.74) is 6.24. The number of amides is 1. The Morgan fingerprint density at radius 3 is 2.89 bits per heavy atom. The fourth-order valence-electron chi connectivity index (χ4n) is 2.24. The summed E-state index contributed by atoms with van der Waals surface area (Å²) >= 11 is 12.2. The van der Waals surface area contributed by atoms with Crippen molar-refractivity contribution in [2.45, 2.75) is 25.7 Å². The molecule has 2 rings (SSSR count). The van der Waals surface area contributed by atoms with Crippen molar-refractivity contribution in [3.63, 3.8) is 0 Å². The van der Waals surface area contributed by atoms with Crippen LogP contribution in [-0.4, -0.2) is 36.1 Å². The Balaban J connectivity index is 2.09. The SMILES string of the molecule is C[C@@H]1CN(Cc2cccc(Cl)c2Cl)CC(C(N)=O)O1. The quantitative estimate of drug-likeness (QED) is 0.930. The zero-order valence-electron chi connectivity index (χ0n) is 10.6. The Morgan fingerprint density at radius 2 is 2.21 bits per heavy atom. The summed E-state index contributed by atoms with van der Waals surface area (Å²) in [7, 11) is 0. The Kier molecular flexibility index (Phi) is 4.68. The molecule has 0 aromatic heterocycles. The van der Waals surface area contributed by atoms with Crippen LogP contribution in [0.4, 0.5) is 0 Å². The van der Waals surface area contributed by atoms with Crippen LogP contribution in [0.25, 0.3) is 0 Å². The lowest BCUT2D eigenvalue weighted by Gasteiger charge is -2.35. The summed E-state index contributed by atoms with van der Waals surface area (Å²) in [6.07, 6.45) is -0.606. The predicted molar refractivity (Wildman–Crippen MR) is 75.3 cm³/mol. The second-order valence-corrected chi connectivity index (χ2v) is 5.53. The van der Waals surface area contributed by atoms with Crippen molar-refractivity contribution >= 4 is 29.1 Å². The fraction of sp³-hybridized carbons (Fsp3) is 0.462. The zero-order chi connectivity index (χ0) is 14.0. The molecule has 2 N–H and O–H groups in total. The van der Waals surface area contributed by atoms with Gasteiger partial charge in [-0.2, -0.15) is 0 Å². The largest absolute Gasteiger partial charge is 0.367 e. The fourth-order valence-corrected chi connectivity index (χ4v) is 2.62. The summed E-state index contributed by atoms with van der Waals surface area (Å²) in [5.74, 6) is -0.436. The van der Waals surface area contributed by atoms with E-state index in [1.165, 1.54) is 0 Å². The summed E-state index contributed by atoms with van der Waals surface area (Å²) in [6, 6.07) is 5.54. The minimum absolute atomic E-state index is 0.0378. The van der Waals surface area contributed by atoms with Crippen LogP contribution in [-0.2, 0) is 16.1 Å². The van der Waals surface area contributed by atoms with Crippen LogP contribution in [0.5, 0.6) is 0 Å². The topological polar surface area (TPSA) is 55.6 Å². The van der Waals surface area contributed by atoms with Crippen molar-refractivity contribution in [1.82, 2.24) is 4.90 Å². The number of benzene rings is 1. The first kappa shape index (κ1) is 14.6. The maximum Gasteiger partial charge on any atom is 0.247 e. The Labute approximate surface area is 122 Å². The van der Waals surface area contributed by atoms with Gasteiger partial charge in [0.15, 0.2) is 0 Å². The summed E-state index contributed by atoms with van der Waals surface area (Å²) < 4.78 is 5.49. The number of carbonyl (C=O) groups is 1. The molecular formula is C13H16Cl2N2O2. The number of hydrogen-bond acceptors (Lipinski definition) is 3. The maximum absolute atomic E-state index is 11.2. The predicted octanol–water partition coefficient (Wildman–Crippen LogP) is 2.07. The van der Waals surface area contributed by atoms with Gasteiger partial charge in [0.2, 0.25) is 5.91 Å². The number of halogens is 2. The molecule has 0 spiro atoms. The molecule has 1 aromatic carbocycles. The molecule has 1 aromatic rings. The third kappa shape index (κ3) is 3.60. The van der Waals surface area contributed by atoms with E-state index >= 15 is 0 Å². The van der Waals surface area contributed by atoms with Crippen molar-refractivity contribution in [3.8, 4) is 0 Å². The smallest absolute Gasteiger partial charge is 0.247 e. The minimum Gasteiger partial charge on any atom is -0.367 e. The van der Waals surface area contributed by atoms with Crippen molar-refractivity contribution in [1.29, 1.82) is 0 Å². The van der Waals surface area contributed by atoms with Crippen molar-refractivity contribution in [2.24, 2.45) is 5.73 Å². The first-order valence-corrected chi connectivity index (χ1v) is 6.83. The highest BCUT2D eigenvalue weighted by atomic mass is 35.5. The van der Waals surface area contributed by atoms with E-state index in [0.29, 0.717) is 23.1 Å². The third-order valence-corrected chi connectivity index (χ3v) is 3.94. The molecule has 19 heavy (non-hydrogen) atoms.